The first kappa shape index (κ1) is 29.0. The van der Waals surface area contributed by atoms with Crippen molar-refractivity contribution in [3.63, 3.8) is 0 Å². The van der Waals surface area contributed by atoms with Crippen LogP contribution in [0.1, 0.15) is 13.8 Å². The third-order valence-corrected chi connectivity index (χ3v) is 7.06. The first-order valence-corrected chi connectivity index (χ1v) is 12.7. The molecule has 2 saturated heterocycles. The van der Waals surface area contributed by atoms with Crippen molar-refractivity contribution in [3.05, 3.63) is 46.6 Å². The van der Waals surface area contributed by atoms with Crippen LogP contribution in [-0.2, 0) is 9.47 Å². The molecule has 5 rings (SSSR count). The fourth-order valence-corrected chi connectivity index (χ4v) is 4.76. The predicted octanol–water partition coefficient (Wildman–Crippen LogP) is -0.716. The van der Waals surface area contributed by atoms with Crippen LogP contribution < -0.4 is 14.9 Å². The Kier molecular flexibility index (Phi) is 7.84. The molecule has 0 spiro atoms. The number of hydrogen-bond donors (Lipinski definition) is 8. The molecule has 2 aliphatic rings. The maximum atomic E-state index is 13.7. The molecule has 222 valence electrons. The number of phenols is 2. The standard InChI is InChI=1S/C27H30O14/c1-9(28)23-20(34)22(36)27(40-23)41-25-18(32)16-14(30)7-13(38-26-21(35)19(33)17(31)10(2)37-26)8-15(16)39-24(25)11-3-5-12(29)6-4-11/h3-10,17,19-23,26-31,33-36H,1-2H3. The zero-order chi connectivity index (χ0) is 29.7. The van der Waals surface area contributed by atoms with Crippen LogP contribution in [0.4, 0.5) is 0 Å². The molecule has 3 aromatic rings. The highest BCUT2D eigenvalue weighted by molar-refractivity contribution is 5.88. The summed E-state index contributed by atoms with van der Waals surface area (Å²) < 4.78 is 28.1. The number of aliphatic hydroxyl groups is 6. The van der Waals surface area contributed by atoms with Gasteiger partial charge in [0.05, 0.1) is 12.2 Å². The van der Waals surface area contributed by atoms with Gasteiger partial charge in [-0.2, -0.15) is 0 Å². The Balaban J connectivity index is 1.58. The van der Waals surface area contributed by atoms with Crippen molar-refractivity contribution < 1.29 is 64.2 Å². The van der Waals surface area contributed by atoms with E-state index in [1.807, 2.05) is 0 Å². The molecule has 2 fully saturated rings. The number of fused-ring (bicyclic) bond motifs is 1. The van der Waals surface area contributed by atoms with E-state index in [4.69, 9.17) is 23.4 Å². The van der Waals surface area contributed by atoms with Crippen LogP contribution >= 0.6 is 0 Å². The molecule has 41 heavy (non-hydrogen) atoms. The molecule has 0 aliphatic carbocycles. The van der Waals surface area contributed by atoms with Crippen molar-refractivity contribution in [2.75, 3.05) is 0 Å². The lowest BCUT2D eigenvalue weighted by Crippen LogP contribution is -2.58. The number of ether oxygens (including phenoxy) is 4. The van der Waals surface area contributed by atoms with Gasteiger partial charge in [0.1, 0.15) is 64.8 Å². The Morgan fingerprint density at radius 3 is 2.10 bits per heavy atom. The molecule has 8 N–H and O–H groups in total. The highest BCUT2D eigenvalue weighted by Gasteiger charge is 2.47. The molecule has 10 atom stereocenters. The summed E-state index contributed by atoms with van der Waals surface area (Å²) in [5.74, 6) is -1.54. The monoisotopic (exact) mass is 578 g/mol. The molecule has 14 heteroatoms. The molecule has 0 radical (unpaired) electrons. The molecule has 2 aliphatic heterocycles. The van der Waals surface area contributed by atoms with E-state index in [9.17, 15) is 45.6 Å². The number of benzene rings is 2. The normalized spacial score (nSPS) is 32.6. The number of aliphatic hydroxyl groups excluding tert-OH is 6. The van der Waals surface area contributed by atoms with Gasteiger partial charge in [-0.05, 0) is 38.1 Å². The van der Waals surface area contributed by atoms with E-state index in [-0.39, 0.29) is 33.8 Å². The van der Waals surface area contributed by atoms with Gasteiger partial charge in [-0.25, -0.2) is 0 Å². The van der Waals surface area contributed by atoms with Gasteiger partial charge in [-0.1, -0.05) is 0 Å². The Bertz CT molecular complexity index is 1450. The summed E-state index contributed by atoms with van der Waals surface area (Å²) in [6.45, 7) is 2.81. The molecular weight excluding hydrogens is 548 g/mol. The van der Waals surface area contributed by atoms with Crippen molar-refractivity contribution in [1.82, 2.24) is 0 Å². The van der Waals surface area contributed by atoms with E-state index in [0.29, 0.717) is 0 Å². The van der Waals surface area contributed by atoms with E-state index in [0.717, 1.165) is 6.07 Å². The quantitative estimate of drug-likeness (QED) is 0.181. The van der Waals surface area contributed by atoms with E-state index >= 15 is 0 Å². The van der Waals surface area contributed by atoms with Crippen molar-refractivity contribution in [2.24, 2.45) is 0 Å². The molecule has 3 heterocycles. The topological polar surface area (TPSA) is 229 Å². The van der Waals surface area contributed by atoms with Crippen molar-refractivity contribution in [2.45, 2.75) is 75.3 Å². The Morgan fingerprint density at radius 2 is 1.46 bits per heavy atom. The number of phenolic OH excluding ortho intramolecular Hbond substituents is 2. The Morgan fingerprint density at radius 1 is 0.829 bits per heavy atom. The zero-order valence-corrected chi connectivity index (χ0v) is 21.8. The van der Waals surface area contributed by atoms with E-state index in [1.54, 1.807) is 0 Å². The maximum absolute atomic E-state index is 13.7. The van der Waals surface area contributed by atoms with Crippen LogP contribution in [0, 0.1) is 0 Å². The summed E-state index contributed by atoms with van der Waals surface area (Å²) in [5, 5.41) is 81.0. The van der Waals surface area contributed by atoms with Crippen LogP contribution in [0.5, 0.6) is 23.0 Å². The Labute approximate surface area is 231 Å². The minimum Gasteiger partial charge on any atom is -0.508 e. The molecule has 1 aromatic heterocycles. The minimum absolute atomic E-state index is 0.0855. The first-order chi connectivity index (χ1) is 19.4. The summed E-state index contributed by atoms with van der Waals surface area (Å²) in [4.78, 5) is 13.7. The Hall–Kier alpha value is -3.47. The second kappa shape index (κ2) is 11.1. The third-order valence-electron chi connectivity index (χ3n) is 7.06. The average Bonchev–Trinajstić information content (AvgIpc) is 3.21. The van der Waals surface area contributed by atoms with E-state index < -0.39 is 78.3 Å². The van der Waals surface area contributed by atoms with Crippen LogP contribution in [-0.4, -0.2) is 102 Å². The van der Waals surface area contributed by atoms with Crippen molar-refractivity contribution in [3.8, 4) is 34.3 Å². The molecule has 0 saturated carbocycles. The summed E-state index contributed by atoms with van der Waals surface area (Å²) in [7, 11) is 0. The van der Waals surface area contributed by atoms with Crippen LogP contribution in [0.25, 0.3) is 22.3 Å². The third kappa shape index (κ3) is 5.31. The van der Waals surface area contributed by atoms with Gasteiger partial charge >= 0.3 is 0 Å². The number of hydrogen-bond acceptors (Lipinski definition) is 14. The smallest absolute Gasteiger partial charge is 0.239 e. The van der Waals surface area contributed by atoms with E-state index in [2.05, 4.69) is 0 Å². The molecular formula is C27H30O14. The molecule has 0 amide bonds. The number of rotatable bonds is 6. The minimum atomic E-state index is -1.65. The van der Waals surface area contributed by atoms with Crippen molar-refractivity contribution >= 4 is 11.0 Å². The van der Waals surface area contributed by atoms with Gasteiger partial charge in [0, 0.05) is 17.7 Å². The summed E-state index contributed by atoms with van der Waals surface area (Å²) in [6.07, 6.45) is -14.1. The first-order valence-electron chi connectivity index (χ1n) is 12.7. The fraction of sp³-hybridized carbons (Fsp3) is 0.444. The lowest BCUT2D eigenvalue weighted by Gasteiger charge is -2.38. The maximum Gasteiger partial charge on any atom is 0.239 e. The summed E-state index contributed by atoms with van der Waals surface area (Å²) in [6, 6.07) is 7.71. The lowest BCUT2D eigenvalue weighted by atomic mass is 10.00. The fourth-order valence-electron chi connectivity index (χ4n) is 4.76. The SMILES string of the molecule is CC(O)C1OC(Oc2c(-c3ccc(O)cc3)oc3cc(OC4OC(C)C(O)C(O)C4O)cc(O)c3c2=O)C(O)C1O. The van der Waals surface area contributed by atoms with Gasteiger partial charge in [0.2, 0.25) is 23.8 Å². The largest absolute Gasteiger partial charge is 0.508 e. The van der Waals surface area contributed by atoms with Crippen LogP contribution in [0.3, 0.4) is 0 Å². The summed E-state index contributed by atoms with van der Waals surface area (Å²) >= 11 is 0. The average molecular weight is 579 g/mol. The summed E-state index contributed by atoms with van der Waals surface area (Å²) in [5.41, 5.74) is -0.862. The highest BCUT2D eigenvalue weighted by Crippen LogP contribution is 2.38. The zero-order valence-electron chi connectivity index (χ0n) is 21.8. The molecule has 14 nitrogen and oxygen atoms in total. The molecule has 2 aromatic carbocycles. The van der Waals surface area contributed by atoms with Gasteiger partial charge < -0.3 is 64.2 Å². The van der Waals surface area contributed by atoms with Gasteiger partial charge in [0.15, 0.2) is 5.76 Å². The van der Waals surface area contributed by atoms with Gasteiger partial charge in [-0.3, -0.25) is 4.79 Å². The lowest BCUT2D eigenvalue weighted by molar-refractivity contribution is -0.268. The van der Waals surface area contributed by atoms with Crippen LogP contribution in [0.2, 0.25) is 0 Å². The second-order valence-corrected chi connectivity index (χ2v) is 10.1. The van der Waals surface area contributed by atoms with Gasteiger partial charge in [0.25, 0.3) is 0 Å². The number of aromatic hydroxyl groups is 2. The van der Waals surface area contributed by atoms with Crippen LogP contribution in [0.15, 0.2) is 45.6 Å². The predicted molar refractivity (Wildman–Crippen MR) is 137 cm³/mol. The van der Waals surface area contributed by atoms with E-state index in [1.165, 1.54) is 44.2 Å². The highest BCUT2D eigenvalue weighted by atomic mass is 16.7. The molecule has 0 bridgehead atoms. The second-order valence-electron chi connectivity index (χ2n) is 10.1. The van der Waals surface area contributed by atoms with Crippen molar-refractivity contribution in [1.29, 1.82) is 0 Å². The molecule has 10 unspecified atom stereocenters. The van der Waals surface area contributed by atoms with Gasteiger partial charge in [-0.15, -0.1) is 0 Å².